The number of anilines is 1. The smallest absolute Gasteiger partial charge is 0.203 e. The van der Waals surface area contributed by atoms with E-state index >= 15 is 0 Å². The normalized spacial score (nSPS) is 10.3. The summed E-state index contributed by atoms with van der Waals surface area (Å²) in [6.07, 6.45) is 2.67. The first-order chi connectivity index (χ1) is 10.2. The first kappa shape index (κ1) is 15.4. The minimum atomic E-state index is 0.627. The summed E-state index contributed by atoms with van der Waals surface area (Å²) in [5.74, 6) is 2.01. The topological polar surface area (TPSA) is 52.6 Å². The molecule has 6 heteroatoms. The lowest BCUT2D eigenvalue weighted by Crippen LogP contribution is -2.06. The number of rotatable bonds is 7. The molecule has 2 rings (SSSR count). The van der Waals surface area contributed by atoms with E-state index in [9.17, 15) is 0 Å². The van der Waals surface area contributed by atoms with E-state index in [1.54, 1.807) is 32.7 Å². The Hall–Kier alpha value is -1.95. The minimum absolute atomic E-state index is 0.627. The highest BCUT2D eigenvalue weighted by Crippen LogP contribution is 2.39. The molecule has 0 spiro atoms. The maximum Gasteiger partial charge on any atom is 0.203 e. The van der Waals surface area contributed by atoms with Gasteiger partial charge in [-0.15, -0.1) is 11.3 Å². The van der Waals surface area contributed by atoms with E-state index in [1.807, 2.05) is 25.3 Å². The summed E-state index contributed by atoms with van der Waals surface area (Å²) in [5.41, 5.74) is 1.07. The van der Waals surface area contributed by atoms with Crippen LogP contribution in [0.25, 0.3) is 0 Å². The van der Waals surface area contributed by atoms with Gasteiger partial charge in [0.2, 0.25) is 5.75 Å². The van der Waals surface area contributed by atoms with Crippen LogP contribution < -0.4 is 19.5 Å². The van der Waals surface area contributed by atoms with Gasteiger partial charge < -0.3 is 19.5 Å². The molecule has 0 aliphatic rings. The molecular formula is C15H20N2O3S. The Morgan fingerprint density at radius 2 is 1.86 bits per heavy atom. The molecule has 0 bridgehead atoms. The zero-order valence-electron chi connectivity index (χ0n) is 12.7. The van der Waals surface area contributed by atoms with Crippen LogP contribution in [0.3, 0.4) is 0 Å². The van der Waals surface area contributed by atoms with Crippen molar-refractivity contribution in [1.29, 1.82) is 0 Å². The molecule has 1 heterocycles. The van der Waals surface area contributed by atoms with Gasteiger partial charge in [-0.1, -0.05) is 6.07 Å². The average Bonchev–Trinajstić information content (AvgIpc) is 2.91. The number of ether oxygens (including phenoxy) is 3. The summed E-state index contributed by atoms with van der Waals surface area (Å²) in [5, 5.41) is 4.25. The van der Waals surface area contributed by atoms with Crippen LogP contribution in [0.4, 0.5) is 5.13 Å². The lowest BCUT2D eigenvalue weighted by Gasteiger charge is -2.15. The van der Waals surface area contributed by atoms with Crippen LogP contribution >= 0.6 is 11.3 Å². The Bertz CT molecular complexity index is 599. The second-order valence-electron chi connectivity index (χ2n) is 4.45. The highest BCUT2D eigenvalue weighted by molar-refractivity contribution is 7.15. The van der Waals surface area contributed by atoms with E-state index in [1.165, 1.54) is 4.88 Å². The number of benzene rings is 1. The molecule has 1 N–H and O–H groups in total. The van der Waals surface area contributed by atoms with E-state index in [0.29, 0.717) is 17.2 Å². The summed E-state index contributed by atoms with van der Waals surface area (Å²) in [4.78, 5) is 5.48. The zero-order chi connectivity index (χ0) is 15.2. The summed E-state index contributed by atoms with van der Waals surface area (Å²) in [6, 6.07) is 3.89. The molecule has 21 heavy (non-hydrogen) atoms. The van der Waals surface area contributed by atoms with Crippen molar-refractivity contribution in [3.05, 3.63) is 28.8 Å². The second kappa shape index (κ2) is 7.17. The van der Waals surface area contributed by atoms with E-state index < -0.39 is 0 Å². The highest BCUT2D eigenvalue weighted by atomic mass is 32.1. The largest absolute Gasteiger partial charge is 0.493 e. The van der Waals surface area contributed by atoms with Crippen LogP contribution in [-0.2, 0) is 6.42 Å². The molecule has 1 aromatic heterocycles. The van der Waals surface area contributed by atoms with Gasteiger partial charge >= 0.3 is 0 Å². The molecule has 1 aromatic carbocycles. The number of nitrogens with zero attached hydrogens (tertiary/aromatic N) is 1. The van der Waals surface area contributed by atoms with E-state index in [0.717, 1.165) is 23.7 Å². The molecule has 0 amide bonds. The van der Waals surface area contributed by atoms with Crippen molar-refractivity contribution >= 4 is 16.5 Å². The molecule has 0 unspecified atom stereocenters. The third kappa shape index (κ3) is 3.58. The fourth-order valence-electron chi connectivity index (χ4n) is 2.10. The lowest BCUT2D eigenvalue weighted by atomic mass is 10.1. The summed E-state index contributed by atoms with van der Waals surface area (Å²) in [7, 11) is 4.86. The van der Waals surface area contributed by atoms with Crippen molar-refractivity contribution in [3.63, 3.8) is 0 Å². The summed E-state index contributed by atoms with van der Waals surface area (Å²) < 4.78 is 16.1. The number of nitrogens with one attached hydrogen (secondary N) is 1. The van der Waals surface area contributed by atoms with Crippen molar-refractivity contribution in [2.75, 3.05) is 33.2 Å². The fourth-order valence-corrected chi connectivity index (χ4v) is 2.79. The minimum Gasteiger partial charge on any atom is -0.493 e. The average molecular weight is 308 g/mol. The molecule has 114 valence electrons. The Morgan fingerprint density at radius 1 is 1.10 bits per heavy atom. The monoisotopic (exact) mass is 308 g/mol. The first-order valence-electron chi connectivity index (χ1n) is 6.63. The molecule has 2 aromatic rings. The van der Waals surface area contributed by atoms with Gasteiger partial charge in [0.15, 0.2) is 16.6 Å². The summed E-state index contributed by atoms with van der Waals surface area (Å²) in [6.45, 7) is 2.82. The van der Waals surface area contributed by atoms with Gasteiger partial charge in [-0.2, -0.15) is 0 Å². The van der Waals surface area contributed by atoms with Gasteiger partial charge in [0.1, 0.15) is 0 Å². The van der Waals surface area contributed by atoms with Gasteiger partial charge in [-0.05, 0) is 19.4 Å². The van der Waals surface area contributed by atoms with E-state index in [2.05, 4.69) is 10.3 Å². The molecule has 0 radical (unpaired) electrons. The van der Waals surface area contributed by atoms with E-state index in [4.69, 9.17) is 14.2 Å². The number of thiazole rings is 1. The van der Waals surface area contributed by atoms with Gasteiger partial charge in [-0.3, -0.25) is 0 Å². The van der Waals surface area contributed by atoms with Gasteiger partial charge in [0.05, 0.1) is 21.3 Å². The van der Waals surface area contributed by atoms with Crippen LogP contribution in [-0.4, -0.2) is 32.9 Å². The van der Waals surface area contributed by atoms with Crippen LogP contribution in [0.5, 0.6) is 17.2 Å². The first-order valence-corrected chi connectivity index (χ1v) is 7.45. The number of hydrogen-bond donors (Lipinski definition) is 1. The third-order valence-corrected chi connectivity index (χ3v) is 3.95. The number of aromatic nitrogens is 1. The van der Waals surface area contributed by atoms with Crippen LogP contribution in [0.1, 0.15) is 10.4 Å². The Balaban J connectivity index is 2.08. The van der Waals surface area contributed by atoms with Crippen molar-refractivity contribution in [1.82, 2.24) is 4.98 Å². The molecule has 0 atom stereocenters. The standard InChI is InChI=1S/C15H20N2O3S/c1-10-9-17-15(21-10)16-8-7-11-5-6-12(18-2)14(20-4)13(11)19-3/h5-6,9H,7-8H2,1-4H3,(H,16,17). The molecule has 5 nitrogen and oxygen atoms in total. The number of methoxy groups -OCH3 is 3. The molecule has 0 saturated heterocycles. The maximum atomic E-state index is 5.47. The summed E-state index contributed by atoms with van der Waals surface area (Å²) >= 11 is 1.65. The van der Waals surface area contributed by atoms with Crippen molar-refractivity contribution in [3.8, 4) is 17.2 Å². The van der Waals surface area contributed by atoms with E-state index in [-0.39, 0.29) is 0 Å². The van der Waals surface area contributed by atoms with Gasteiger partial charge in [-0.25, -0.2) is 4.98 Å². The Kier molecular flexibility index (Phi) is 5.27. The highest BCUT2D eigenvalue weighted by Gasteiger charge is 2.15. The fraction of sp³-hybridized carbons (Fsp3) is 0.400. The Morgan fingerprint density at radius 3 is 2.43 bits per heavy atom. The molecule has 0 aliphatic heterocycles. The van der Waals surface area contributed by atoms with Gasteiger partial charge in [0.25, 0.3) is 0 Å². The van der Waals surface area contributed by atoms with Crippen LogP contribution in [0.2, 0.25) is 0 Å². The molecular weight excluding hydrogens is 288 g/mol. The molecule has 0 aliphatic carbocycles. The SMILES string of the molecule is COc1ccc(CCNc2ncc(C)s2)c(OC)c1OC. The van der Waals surface area contributed by atoms with Crippen LogP contribution in [0, 0.1) is 6.92 Å². The quantitative estimate of drug-likeness (QED) is 0.851. The lowest BCUT2D eigenvalue weighted by molar-refractivity contribution is 0.322. The maximum absolute atomic E-state index is 5.47. The predicted molar refractivity (Wildman–Crippen MR) is 85.1 cm³/mol. The zero-order valence-corrected chi connectivity index (χ0v) is 13.5. The Labute approximate surface area is 128 Å². The number of hydrogen-bond acceptors (Lipinski definition) is 6. The van der Waals surface area contributed by atoms with Crippen LogP contribution in [0.15, 0.2) is 18.3 Å². The molecule has 0 fully saturated rings. The second-order valence-corrected chi connectivity index (χ2v) is 5.68. The third-order valence-electron chi connectivity index (χ3n) is 3.08. The van der Waals surface area contributed by atoms with Crippen molar-refractivity contribution in [2.24, 2.45) is 0 Å². The van der Waals surface area contributed by atoms with Gasteiger partial charge in [0, 0.05) is 23.2 Å². The van der Waals surface area contributed by atoms with Crippen molar-refractivity contribution < 1.29 is 14.2 Å². The number of aryl methyl sites for hydroxylation is 1. The van der Waals surface area contributed by atoms with Crippen molar-refractivity contribution in [2.45, 2.75) is 13.3 Å². The molecule has 0 saturated carbocycles. The predicted octanol–water partition coefficient (Wildman–Crippen LogP) is 3.13.